The fourth-order valence-electron chi connectivity index (χ4n) is 2.89. The molecule has 0 aromatic heterocycles. The molecule has 0 N–H and O–H groups in total. The predicted molar refractivity (Wildman–Crippen MR) is 128 cm³/mol. The van der Waals surface area contributed by atoms with Crippen molar-refractivity contribution >= 4 is 40.3 Å². The number of ether oxygens (including phenoxy) is 2. The van der Waals surface area contributed by atoms with Crippen LogP contribution in [0.1, 0.15) is 23.1 Å². The minimum absolute atomic E-state index is 0.0958. The summed E-state index contributed by atoms with van der Waals surface area (Å²) < 4.78 is 12.3. The molecule has 1 aliphatic heterocycles. The second kappa shape index (κ2) is 10.5. The number of nitrogens with zero attached hydrogens (tertiary/aromatic N) is 1. The Hall–Kier alpha value is -2.57. The fourth-order valence-corrected chi connectivity index (χ4v) is 4.16. The molecule has 1 amide bonds. The Morgan fingerprint density at radius 3 is 2.63 bits per heavy atom. The van der Waals surface area contributed by atoms with Gasteiger partial charge < -0.3 is 9.47 Å². The molecule has 3 rings (SSSR count). The molecular weight excluding hydrogens is 414 g/mol. The van der Waals surface area contributed by atoms with E-state index in [0.29, 0.717) is 29.0 Å². The highest BCUT2D eigenvalue weighted by Crippen LogP contribution is 2.34. The molecule has 156 valence electrons. The first-order valence-corrected chi connectivity index (χ1v) is 11.0. The smallest absolute Gasteiger partial charge is 0.266 e. The first-order valence-electron chi connectivity index (χ1n) is 9.77. The van der Waals surface area contributed by atoms with E-state index in [1.165, 1.54) is 22.9 Å². The molecule has 30 heavy (non-hydrogen) atoms. The van der Waals surface area contributed by atoms with Gasteiger partial charge in [0.25, 0.3) is 5.91 Å². The molecule has 0 saturated carbocycles. The molecule has 1 fully saturated rings. The van der Waals surface area contributed by atoms with Crippen molar-refractivity contribution in [2.24, 2.45) is 0 Å². The minimum atomic E-state index is -0.0958. The van der Waals surface area contributed by atoms with Crippen LogP contribution in [-0.2, 0) is 4.79 Å². The maximum atomic E-state index is 12.5. The van der Waals surface area contributed by atoms with Gasteiger partial charge in [-0.2, -0.15) is 0 Å². The normalized spacial score (nSPS) is 15.0. The molecule has 2 aromatic rings. The van der Waals surface area contributed by atoms with Crippen LogP contribution in [0.4, 0.5) is 0 Å². The molecular formula is C24H25NO3S2. The Morgan fingerprint density at radius 2 is 1.87 bits per heavy atom. The lowest BCUT2D eigenvalue weighted by Crippen LogP contribution is -2.27. The number of benzene rings is 2. The number of thioether (sulfide) groups is 1. The van der Waals surface area contributed by atoms with Crippen molar-refractivity contribution in [1.29, 1.82) is 0 Å². The van der Waals surface area contributed by atoms with Crippen LogP contribution < -0.4 is 9.47 Å². The highest BCUT2D eigenvalue weighted by molar-refractivity contribution is 8.26. The lowest BCUT2D eigenvalue weighted by atomic mass is 10.1. The van der Waals surface area contributed by atoms with E-state index in [0.717, 1.165) is 23.5 Å². The van der Waals surface area contributed by atoms with Crippen molar-refractivity contribution in [3.8, 4) is 11.5 Å². The number of hydrogen-bond donors (Lipinski definition) is 0. The summed E-state index contributed by atoms with van der Waals surface area (Å²) in [5.41, 5.74) is 3.33. The highest BCUT2D eigenvalue weighted by atomic mass is 32.2. The Balaban J connectivity index is 1.56. The van der Waals surface area contributed by atoms with Gasteiger partial charge in [-0.25, -0.2) is 0 Å². The molecule has 0 atom stereocenters. The quantitative estimate of drug-likeness (QED) is 0.222. The molecule has 1 heterocycles. The number of carbonyl (C=O) groups excluding carboxylic acids is 1. The second-order valence-electron chi connectivity index (χ2n) is 6.92. The molecule has 4 nitrogen and oxygen atoms in total. The lowest BCUT2D eigenvalue weighted by molar-refractivity contribution is -0.121. The molecule has 0 aliphatic carbocycles. The third-order valence-electron chi connectivity index (χ3n) is 4.68. The van der Waals surface area contributed by atoms with Crippen LogP contribution in [0.2, 0.25) is 0 Å². The van der Waals surface area contributed by atoms with Crippen LogP contribution in [0, 0.1) is 13.8 Å². The summed E-state index contributed by atoms with van der Waals surface area (Å²) in [7, 11) is 0. The number of amides is 1. The SMILES string of the molecule is C=CCN1C(=O)/C(=C\c2ccccc2OCCCOc2ccc(C)c(C)c2)SC1=S. The van der Waals surface area contributed by atoms with Crippen LogP contribution in [-0.4, -0.2) is 34.9 Å². The summed E-state index contributed by atoms with van der Waals surface area (Å²) in [5, 5.41) is 0. The number of aryl methyl sites for hydroxylation is 2. The second-order valence-corrected chi connectivity index (χ2v) is 8.59. The van der Waals surface area contributed by atoms with Gasteiger partial charge in [-0.05, 0) is 49.2 Å². The van der Waals surface area contributed by atoms with Crippen LogP contribution in [0.5, 0.6) is 11.5 Å². The lowest BCUT2D eigenvalue weighted by Gasteiger charge is -2.11. The van der Waals surface area contributed by atoms with E-state index in [1.807, 2.05) is 42.5 Å². The van der Waals surface area contributed by atoms with Gasteiger partial charge in [0, 0.05) is 18.5 Å². The number of para-hydroxylation sites is 1. The van der Waals surface area contributed by atoms with Gasteiger partial charge in [-0.3, -0.25) is 9.69 Å². The van der Waals surface area contributed by atoms with Crippen LogP contribution >= 0.6 is 24.0 Å². The first-order chi connectivity index (χ1) is 14.5. The zero-order chi connectivity index (χ0) is 21.5. The van der Waals surface area contributed by atoms with Gasteiger partial charge in [0.2, 0.25) is 0 Å². The molecule has 6 heteroatoms. The van der Waals surface area contributed by atoms with E-state index < -0.39 is 0 Å². The molecule has 0 unspecified atom stereocenters. The van der Waals surface area contributed by atoms with E-state index in [-0.39, 0.29) is 5.91 Å². The van der Waals surface area contributed by atoms with Crippen molar-refractivity contribution in [2.45, 2.75) is 20.3 Å². The highest BCUT2D eigenvalue weighted by Gasteiger charge is 2.31. The van der Waals surface area contributed by atoms with E-state index >= 15 is 0 Å². The van der Waals surface area contributed by atoms with E-state index in [2.05, 4.69) is 26.5 Å². The third kappa shape index (κ3) is 5.52. The molecule has 1 aliphatic rings. The van der Waals surface area contributed by atoms with Crippen molar-refractivity contribution < 1.29 is 14.3 Å². The Bertz CT molecular complexity index is 984. The monoisotopic (exact) mass is 439 g/mol. The molecule has 0 spiro atoms. The summed E-state index contributed by atoms with van der Waals surface area (Å²) in [5.74, 6) is 1.51. The Labute approximate surface area is 187 Å². The van der Waals surface area contributed by atoms with Gasteiger partial charge in [0.1, 0.15) is 15.8 Å². The van der Waals surface area contributed by atoms with Gasteiger partial charge >= 0.3 is 0 Å². The maximum absolute atomic E-state index is 12.5. The third-order valence-corrected chi connectivity index (χ3v) is 6.06. The zero-order valence-electron chi connectivity index (χ0n) is 17.2. The summed E-state index contributed by atoms with van der Waals surface area (Å²) in [6.07, 6.45) is 4.26. The fraction of sp³-hybridized carbons (Fsp3) is 0.250. The first kappa shape index (κ1) is 22.1. The largest absolute Gasteiger partial charge is 0.493 e. The average molecular weight is 440 g/mol. The van der Waals surface area contributed by atoms with Gasteiger partial charge in [-0.1, -0.05) is 54.3 Å². The number of carbonyl (C=O) groups is 1. The number of thiocarbonyl (C=S) groups is 1. The maximum Gasteiger partial charge on any atom is 0.266 e. The van der Waals surface area contributed by atoms with Gasteiger partial charge in [0.05, 0.1) is 18.1 Å². The van der Waals surface area contributed by atoms with Crippen molar-refractivity contribution in [2.75, 3.05) is 19.8 Å². The van der Waals surface area contributed by atoms with Crippen molar-refractivity contribution in [3.05, 3.63) is 76.7 Å². The van der Waals surface area contributed by atoms with Crippen LogP contribution in [0.3, 0.4) is 0 Å². The van der Waals surface area contributed by atoms with E-state index in [1.54, 1.807) is 11.0 Å². The predicted octanol–water partition coefficient (Wildman–Crippen LogP) is 5.54. The standard InChI is InChI=1S/C24H25NO3S2/c1-4-12-25-23(26)22(30-24(25)29)16-19-8-5-6-9-21(19)28-14-7-13-27-20-11-10-17(2)18(3)15-20/h4-6,8-11,15-16H,1,7,12-14H2,2-3H3/b22-16+. The zero-order valence-corrected chi connectivity index (χ0v) is 18.9. The Morgan fingerprint density at radius 1 is 1.10 bits per heavy atom. The number of hydrogen-bond acceptors (Lipinski definition) is 5. The molecule has 0 radical (unpaired) electrons. The molecule has 0 bridgehead atoms. The van der Waals surface area contributed by atoms with Crippen molar-refractivity contribution in [3.63, 3.8) is 0 Å². The van der Waals surface area contributed by atoms with Crippen molar-refractivity contribution in [1.82, 2.24) is 4.90 Å². The molecule has 1 saturated heterocycles. The van der Waals surface area contributed by atoms with Crippen LogP contribution in [0.15, 0.2) is 60.0 Å². The van der Waals surface area contributed by atoms with E-state index in [4.69, 9.17) is 21.7 Å². The van der Waals surface area contributed by atoms with E-state index in [9.17, 15) is 4.79 Å². The Kier molecular flexibility index (Phi) is 7.71. The van der Waals surface area contributed by atoms with Gasteiger partial charge in [-0.15, -0.1) is 6.58 Å². The number of rotatable bonds is 9. The summed E-state index contributed by atoms with van der Waals surface area (Å²) in [6, 6.07) is 13.8. The summed E-state index contributed by atoms with van der Waals surface area (Å²) in [4.78, 5) is 14.7. The molecule has 2 aromatic carbocycles. The summed E-state index contributed by atoms with van der Waals surface area (Å²) >= 11 is 6.60. The topological polar surface area (TPSA) is 38.8 Å². The minimum Gasteiger partial charge on any atom is -0.493 e. The van der Waals surface area contributed by atoms with Gasteiger partial charge in [0.15, 0.2) is 0 Å². The summed E-state index contributed by atoms with van der Waals surface area (Å²) in [6.45, 7) is 9.35. The van der Waals surface area contributed by atoms with Crippen LogP contribution in [0.25, 0.3) is 6.08 Å². The average Bonchev–Trinajstić information content (AvgIpc) is 2.99.